The molecule has 1 unspecified atom stereocenters. The highest BCUT2D eigenvalue weighted by molar-refractivity contribution is 8.01. The van der Waals surface area contributed by atoms with Gasteiger partial charge in [0, 0.05) is 36.0 Å². The summed E-state index contributed by atoms with van der Waals surface area (Å²) in [7, 11) is 1.58. The van der Waals surface area contributed by atoms with Crippen molar-refractivity contribution in [3.8, 4) is 11.8 Å². The van der Waals surface area contributed by atoms with Crippen molar-refractivity contribution in [2.75, 3.05) is 28.4 Å². The van der Waals surface area contributed by atoms with Gasteiger partial charge in [-0.1, -0.05) is 49.1 Å². The third-order valence-corrected chi connectivity index (χ3v) is 9.27. The smallest absolute Gasteiger partial charge is 0.234 e. The number of thioether (sulfide) groups is 1. The first-order valence-electron chi connectivity index (χ1n) is 13.7. The van der Waals surface area contributed by atoms with Crippen molar-refractivity contribution in [1.82, 2.24) is 10.2 Å². The van der Waals surface area contributed by atoms with Gasteiger partial charge in [0.15, 0.2) is 10.1 Å². The minimum Gasteiger partial charge on any atom is -0.497 e. The van der Waals surface area contributed by atoms with E-state index in [1.807, 2.05) is 26.0 Å². The number of aromatic nitrogens is 2. The Balaban J connectivity index is 1.39. The molecule has 2 heterocycles. The highest BCUT2D eigenvalue weighted by atomic mass is 32.2. The van der Waals surface area contributed by atoms with Gasteiger partial charge in [-0.3, -0.25) is 19.3 Å². The van der Waals surface area contributed by atoms with Crippen LogP contribution in [0.5, 0.6) is 5.75 Å². The van der Waals surface area contributed by atoms with Crippen LogP contribution in [0.1, 0.15) is 45.1 Å². The number of carbonyl (C=O) groups is 3. The van der Waals surface area contributed by atoms with E-state index in [1.54, 1.807) is 48.4 Å². The molecule has 13 heteroatoms. The van der Waals surface area contributed by atoms with Crippen LogP contribution in [-0.2, 0) is 14.4 Å². The Kier molecular flexibility index (Phi) is 8.75. The zero-order chi connectivity index (χ0) is 31.6. The number of rotatable bonds is 8. The molecule has 1 aliphatic heterocycles. The minimum absolute atomic E-state index is 0.0387. The normalized spacial score (nSPS) is 17.6. The largest absolute Gasteiger partial charge is 0.497 e. The maximum Gasteiger partial charge on any atom is 0.234 e. The molecule has 4 N–H and O–H groups in total. The molecule has 1 atom stereocenters. The molecule has 1 aliphatic carbocycles. The number of hydrogen-bond donors (Lipinski definition) is 3. The number of nitrogens with two attached hydrogens (primary N) is 1. The fourth-order valence-corrected chi connectivity index (χ4v) is 7.05. The summed E-state index contributed by atoms with van der Waals surface area (Å²) in [6.07, 6.45) is 0.887. The summed E-state index contributed by atoms with van der Waals surface area (Å²) in [5, 5.41) is 24.8. The van der Waals surface area contributed by atoms with E-state index in [4.69, 9.17) is 10.5 Å². The third-order valence-electron chi connectivity index (χ3n) is 7.23. The first-order chi connectivity index (χ1) is 21.0. The van der Waals surface area contributed by atoms with Crippen molar-refractivity contribution >= 4 is 57.2 Å². The van der Waals surface area contributed by atoms with E-state index in [0.29, 0.717) is 50.7 Å². The Labute approximate surface area is 263 Å². The highest BCUT2D eigenvalue weighted by Crippen LogP contribution is 2.50. The van der Waals surface area contributed by atoms with Crippen LogP contribution in [0, 0.1) is 16.7 Å². The maximum atomic E-state index is 13.7. The predicted octanol–water partition coefficient (Wildman–Crippen LogP) is 5.18. The van der Waals surface area contributed by atoms with Gasteiger partial charge in [-0.25, -0.2) is 0 Å². The lowest BCUT2D eigenvalue weighted by atomic mass is 9.68. The van der Waals surface area contributed by atoms with Crippen molar-refractivity contribution in [2.45, 2.75) is 43.9 Å². The molecular formula is C31H31N7O4S2. The van der Waals surface area contributed by atoms with E-state index in [2.05, 4.69) is 26.9 Å². The molecule has 2 amide bonds. The molecule has 0 saturated heterocycles. The number of ether oxygens (including phenoxy) is 1. The third kappa shape index (κ3) is 6.46. The minimum atomic E-state index is -0.612. The molecule has 44 heavy (non-hydrogen) atoms. The molecule has 11 nitrogen and oxygen atoms in total. The number of carbonyl (C=O) groups excluding carboxylic acids is 3. The number of Topliss-reactive ketones (excluding diaryl/α,β-unsaturated/α-hetero) is 1. The molecule has 3 aromatic rings. The van der Waals surface area contributed by atoms with Crippen LogP contribution in [0.15, 0.2) is 75.5 Å². The second-order valence-corrected chi connectivity index (χ2v) is 13.4. The van der Waals surface area contributed by atoms with Gasteiger partial charge in [0.2, 0.25) is 16.9 Å². The number of methoxy groups -OCH3 is 1. The second kappa shape index (κ2) is 12.5. The van der Waals surface area contributed by atoms with E-state index in [1.165, 1.54) is 30.0 Å². The molecule has 2 aliphatic rings. The Bertz CT molecular complexity index is 1720. The Morgan fingerprint density at radius 1 is 1.11 bits per heavy atom. The van der Waals surface area contributed by atoms with Gasteiger partial charge in [0.1, 0.15) is 11.6 Å². The van der Waals surface area contributed by atoms with Crippen LogP contribution < -0.4 is 26.0 Å². The molecule has 0 fully saturated rings. The topological polar surface area (TPSA) is 163 Å². The fourth-order valence-electron chi connectivity index (χ4n) is 5.37. The number of anilines is 3. The van der Waals surface area contributed by atoms with Crippen molar-refractivity contribution in [3.63, 3.8) is 0 Å². The van der Waals surface area contributed by atoms with Crippen LogP contribution in [0.3, 0.4) is 0 Å². The number of ketones is 1. The summed E-state index contributed by atoms with van der Waals surface area (Å²) >= 11 is 2.45. The quantitative estimate of drug-likeness (QED) is 0.283. The van der Waals surface area contributed by atoms with E-state index in [-0.39, 0.29) is 40.2 Å². The van der Waals surface area contributed by atoms with Crippen LogP contribution >= 0.6 is 23.1 Å². The number of amides is 2. The number of hydrogen-bond acceptors (Lipinski definition) is 11. The second-order valence-electron chi connectivity index (χ2n) is 11.2. The fraction of sp³-hybridized carbons (Fsp3) is 0.290. The standard InChI is InChI=1S/C31H31N7O4S2/c1-17(39)34-19-7-9-20(10-8-19)35-25(41)16-43-30-37-36-29(44-30)38-23-13-31(2,3)14-24(40)27(23)26(22(15-32)28(38)33)18-5-11-21(42-4)12-6-18/h5-12,26H,13-14,16,33H2,1-4H3,(H,34,39)(H,35,41). The molecule has 2 aromatic carbocycles. The van der Waals surface area contributed by atoms with E-state index < -0.39 is 5.92 Å². The highest BCUT2D eigenvalue weighted by Gasteiger charge is 2.45. The lowest BCUT2D eigenvalue weighted by Crippen LogP contribution is -2.42. The summed E-state index contributed by atoms with van der Waals surface area (Å²) in [6.45, 7) is 5.49. The lowest BCUT2D eigenvalue weighted by Gasteiger charge is -2.42. The van der Waals surface area contributed by atoms with Gasteiger partial charge in [0.05, 0.1) is 30.4 Å². The Morgan fingerprint density at radius 3 is 2.39 bits per heavy atom. The van der Waals surface area contributed by atoms with Crippen LogP contribution in [-0.4, -0.2) is 40.7 Å². The Hall–Kier alpha value is -4.67. The number of nitrogens with zero attached hydrogens (tertiary/aromatic N) is 4. The zero-order valence-corrected chi connectivity index (χ0v) is 26.3. The van der Waals surface area contributed by atoms with Gasteiger partial charge < -0.3 is 21.1 Å². The zero-order valence-electron chi connectivity index (χ0n) is 24.6. The summed E-state index contributed by atoms with van der Waals surface area (Å²) < 4.78 is 5.83. The molecule has 0 spiro atoms. The van der Waals surface area contributed by atoms with E-state index >= 15 is 0 Å². The van der Waals surface area contributed by atoms with E-state index in [0.717, 1.165) is 5.56 Å². The van der Waals surface area contributed by atoms with Gasteiger partial charge in [-0.2, -0.15) is 5.26 Å². The molecule has 0 bridgehead atoms. The van der Waals surface area contributed by atoms with Gasteiger partial charge in [0.25, 0.3) is 0 Å². The molecular weight excluding hydrogens is 599 g/mol. The predicted molar refractivity (Wildman–Crippen MR) is 170 cm³/mol. The lowest BCUT2D eigenvalue weighted by molar-refractivity contribution is -0.118. The van der Waals surface area contributed by atoms with Gasteiger partial charge in [-0.05, 0) is 53.8 Å². The number of allylic oxidation sites excluding steroid dienone is 3. The molecule has 0 saturated carbocycles. The summed E-state index contributed by atoms with van der Waals surface area (Å²) in [5.74, 6) is -0.124. The average Bonchev–Trinajstić information content (AvgIpc) is 3.44. The first-order valence-corrected chi connectivity index (χ1v) is 15.5. The van der Waals surface area contributed by atoms with Crippen molar-refractivity contribution in [1.29, 1.82) is 5.26 Å². The first kappa shape index (κ1) is 30.8. The molecule has 5 rings (SSSR count). The Morgan fingerprint density at radius 2 is 1.77 bits per heavy atom. The summed E-state index contributed by atoms with van der Waals surface area (Å²) in [5.41, 5.74) is 9.87. The summed E-state index contributed by atoms with van der Waals surface area (Å²) in [6, 6.07) is 16.4. The maximum absolute atomic E-state index is 13.7. The molecule has 226 valence electrons. The van der Waals surface area contributed by atoms with Gasteiger partial charge in [-0.15, -0.1) is 10.2 Å². The van der Waals surface area contributed by atoms with Crippen molar-refractivity contribution < 1.29 is 19.1 Å². The van der Waals surface area contributed by atoms with Crippen LogP contribution in [0.25, 0.3) is 0 Å². The van der Waals surface area contributed by atoms with Gasteiger partial charge >= 0.3 is 0 Å². The number of benzene rings is 2. The van der Waals surface area contributed by atoms with Crippen molar-refractivity contribution in [3.05, 3.63) is 76.8 Å². The molecule has 1 aromatic heterocycles. The van der Waals surface area contributed by atoms with Crippen LogP contribution in [0.4, 0.5) is 16.5 Å². The van der Waals surface area contributed by atoms with Crippen molar-refractivity contribution in [2.24, 2.45) is 11.1 Å². The molecule has 0 radical (unpaired) electrons. The van der Waals surface area contributed by atoms with E-state index in [9.17, 15) is 19.6 Å². The SMILES string of the molecule is COc1ccc(C2C(C#N)=C(N)N(c3nnc(SCC(=O)Nc4ccc(NC(C)=O)cc4)s3)C3=C2C(=O)CC(C)(C)C3)cc1. The summed E-state index contributed by atoms with van der Waals surface area (Å²) in [4.78, 5) is 39.2. The average molecular weight is 630 g/mol. The number of nitriles is 1. The van der Waals surface area contributed by atoms with Crippen LogP contribution in [0.2, 0.25) is 0 Å². The monoisotopic (exact) mass is 629 g/mol. The number of nitrogens with one attached hydrogen (secondary N) is 2.